The van der Waals surface area contributed by atoms with Crippen LogP contribution in [0, 0.1) is 6.92 Å². The first-order chi connectivity index (χ1) is 17.3. The minimum absolute atomic E-state index is 0.0966. The van der Waals surface area contributed by atoms with Gasteiger partial charge in [-0.05, 0) is 52.6 Å². The molecule has 37 heavy (non-hydrogen) atoms. The van der Waals surface area contributed by atoms with Crippen LogP contribution in [0.3, 0.4) is 0 Å². The van der Waals surface area contributed by atoms with Gasteiger partial charge in [0.2, 0.25) is 0 Å². The van der Waals surface area contributed by atoms with Gasteiger partial charge < -0.3 is 18.6 Å². The topological polar surface area (TPSA) is 80.4 Å². The van der Waals surface area contributed by atoms with E-state index < -0.39 is 42.9 Å². The number of aryl methyl sites for hydroxylation is 1. The first kappa shape index (κ1) is 25.8. The Kier molecular flexibility index (Phi) is 6.18. The summed E-state index contributed by atoms with van der Waals surface area (Å²) in [6.45, 7) is 11.2. The zero-order chi connectivity index (χ0) is 26.9. The Bertz CT molecular complexity index is 1350. The summed E-state index contributed by atoms with van der Waals surface area (Å²) in [6, 6.07) is 0.233. The Balaban J connectivity index is 1.66. The molecular weight excluding hydrogens is 488 g/mol. The summed E-state index contributed by atoms with van der Waals surface area (Å²) in [5.74, 6) is -0.651. The summed E-state index contributed by atoms with van der Waals surface area (Å²) in [5, 5.41) is 4.79. The molecule has 4 heterocycles. The van der Waals surface area contributed by atoms with E-state index in [-0.39, 0.29) is 36.0 Å². The third kappa shape index (κ3) is 4.14. The van der Waals surface area contributed by atoms with Crippen LogP contribution in [0.5, 0.6) is 0 Å². The second kappa shape index (κ2) is 8.87. The summed E-state index contributed by atoms with van der Waals surface area (Å²) in [6.07, 6.45) is -0.920. The molecule has 0 spiro atoms. The number of carbonyl (C=O) groups is 1. The standard InChI is InChI=1S/C25H30BF3N4O4/c1-7-35-23(34)21(20-18-8-14(27)10-32(18)12-30-20)33-11-16-15(22(28)29)9-17(13(2)19(16)31-33)26-36-24(3,4)25(5,6)37-26/h9,11-12,14,21-22H,7-8,10H2,1-6H3/t14-,21?/m1/s1. The highest BCUT2D eigenvalue weighted by Gasteiger charge is 2.52. The van der Waals surface area contributed by atoms with Crippen LogP contribution in [0.2, 0.25) is 0 Å². The fourth-order valence-electron chi connectivity index (χ4n) is 4.98. The fraction of sp³-hybridized carbons (Fsp3) is 0.560. The predicted octanol–water partition coefficient (Wildman–Crippen LogP) is 3.82. The van der Waals surface area contributed by atoms with Gasteiger partial charge in [-0.25, -0.2) is 22.9 Å². The Morgan fingerprint density at radius 1 is 1.27 bits per heavy atom. The molecular formula is C25H30BF3N4O4. The molecule has 2 atom stereocenters. The monoisotopic (exact) mass is 518 g/mol. The maximum absolute atomic E-state index is 14.3. The molecule has 2 aromatic heterocycles. The van der Waals surface area contributed by atoms with Gasteiger partial charge in [-0.15, -0.1) is 0 Å². The van der Waals surface area contributed by atoms with Crippen molar-refractivity contribution in [3.05, 3.63) is 41.1 Å². The molecule has 0 radical (unpaired) electrons. The number of halogens is 3. The Labute approximate surface area is 213 Å². The smallest absolute Gasteiger partial charge is 0.464 e. The van der Waals surface area contributed by atoms with E-state index in [0.29, 0.717) is 22.4 Å². The lowest BCUT2D eigenvalue weighted by molar-refractivity contribution is -0.146. The molecule has 1 saturated heterocycles. The van der Waals surface area contributed by atoms with Gasteiger partial charge in [0.1, 0.15) is 6.17 Å². The van der Waals surface area contributed by atoms with E-state index in [1.165, 1.54) is 23.3 Å². The van der Waals surface area contributed by atoms with Crippen LogP contribution in [-0.2, 0) is 31.8 Å². The lowest BCUT2D eigenvalue weighted by atomic mass is 9.74. The average molecular weight is 518 g/mol. The lowest BCUT2D eigenvalue weighted by Gasteiger charge is -2.32. The summed E-state index contributed by atoms with van der Waals surface area (Å²) in [5.41, 5.74) is 0.625. The lowest BCUT2D eigenvalue weighted by Crippen LogP contribution is -2.41. The predicted molar refractivity (Wildman–Crippen MR) is 131 cm³/mol. The number of aromatic nitrogens is 4. The molecule has 0 saturated carbocycles. The first-order valence-corrected chi connectivity index (χ1v) is 12.3. The number of ether oxygens (including phenoxy) is 1. The second-order valence-electron chi connectivity index (χ2n) is 10.6. The van der Waals surface area contributed by atoms with E-state index >= 15 is 0 Å². The van der Waals surface area contributed by atoms with E-state index in [2.05, 4.69) is 10.1 Å². The van der Waals surface area contributed by atoms with Crippen LogP contribution < -0.4 is 5.46 Å². The van der Waals surface area contributed by atoms with Crippen LogP contribution in [0.1, 0.15) is 69.6 Å². The number of fused-ring (bicyclic) bond motifs is 2. The number of benzene rings is 1. The van der Waals surface area contributed by atoms with Gasteiger partial charge in [0, 0.05) is 29.3 Å². The first-order valence-electron chi connectivity index (χ1n) is 12.3. The second-order valence-corrected chi connectivity index (χ2v) is 10.6. The molecule has 8 nitrogen and oxygen atoms in total. The Morgan fingerprint density at radius 3 is 2.57 bits per heavy atom. The van der Waals surface area contributed by atoms with Gasteiger partial charge in [-0.1, -0.05) is 6.07 Å². The Morgan fingerprint density at radius 2 is 1.95 bits per heavy atom. The molecule has 0 bridgehead atoms. The highest BCUT2D eigenvalue weighted by Crippen LogP contribution is 2.38. The van der Waals surface area contributed by atoms with Gasteiger partial charge in [-0.3, -0.25) is 4.68 Å². The molecule has 5 rings (SSSR count). The molecule has 2 aliphatic heterocycles. The number of carbonyl (C=O) groups excluding carboxylic acids is 1. The van der Waals surface area contributed by atoms with Crippen LogP contribution in [0.4, 0.5) is 13.2 Å². The molecule has 0 amide bonds. The maximum Gasteiger partial charge on any atom is 0.495 e. The van der Waals surface area contributed by atoms with E-state index in [1.807, 2.05) is 27.7 Å². The van der Waals surface area contributed by atoms with Gasteiger partial charge in [0.25, 0.3) is 6.43 Å². The van der Waals surface area contributed by atoms with Crippen molar-refractivity contribution in [3.8, 4) is 0 Å². The summed E-state index contributed by atoms with van der Waals surface area (Å²) >= 11 is 0. The van der Waals surface area contributed by atoms with Crippen LogP contribution in [0.25, 0.3) is 10.9 Å². The number of esters is 1. The Hall–Kier alpha value is -2.86. The van der Waals surface area contributed by atoms with Gasteiger partial charge >= 0.3 is 13.1 Å². The number of alkyl halides is 3. The van der Waals surface area contributed by atoms with Crippen LogP contribution >= 0.6 is 0 Å². The van der Waals surface area contributed by atoms with Gasteiger partial charge in [0.15, 0.2) is 6.04 Å². The third-order valence-electron chi connectivity index (χ3n) is 7.71. The number of imidazole rings is 1. The molecule has 1 aromatic carbocycles. The van der Waals surface area contributed by atoms with Gasteiger partial charge in [0.05, 0.1) is 41.9 Å². The number of rotatable bonds is 6. The van der Waals surface area contributed by atoms with Crippen molar-refractivity contribution in [3.63, 3.8) is 0 Å². The molecule has 1 fully saturated rings. The van der Waals surface area contributed by atoms with Crippen LogP contribution in [-0.4, -0.2) is 56.4 Å². The minimum Gasteiger partial charge on any atom is -0.464 e. The van der Waals surface area contributed by atoms with E-state index in [0.717, 1.165) is 0 Å². The average Bonchev–Trinajstić information content (AvgIpc) is 3.52. The number of hydrogen-bond acceptors (Lipinski definition) is 6. The van der Waals surface area contributed by atoms with E-state index in [1.54, 1.807) is 18.4 Å². The molecule has 0 aliphatic carbocycles. The van der Waals surface area contributed by atoms with Crippen molar-refractivity contribution in [2.75, 3.05) is 6.61 Å². The van der Waals surface area contributed by atoms with Crippen molar-refractivity contribution in [2.45, 2.75) is 84.3 Å². The fourth-order valence-corrected chi connectivity index (χ4v) is 4.98. The SMILES string of the molecule is CCOC(=O)C(c1ncn2c1C[C@@H](F)C2)n1cc2c(C(F)F)cc(B3OC(C)(C)C(C)(C)O3)c(C)c2n1. The largest absolute Gasteiger partial charge is 0.495 e. The normalized spacial score (nSPS) is 21.1. The number of nitrogens with zero attached hydrogens (tertiary/aromatic N) is 4. The third-order valence-corrected chi connectivity index (χ3v) is 7.71. The van der Waals surface area contributed by atoms with Crippen molar-refractivity contribution in [1.82, 2.24) is 19.3 Å². The van der Waals surface area contributed by atoms with Crippen LogP contribution in [0.15, 0.2) is 18.6 Å². The van der Waals surface area contributed by atoms with Crippen molar-refractivity contribution < 1.29 is 32.0 Å². The summed E-state index contributed by atoms with van der Waals surface area (Å²) in [4.78, 5) is 17.5. The zero-order valence-corrected chi connectivity index (χ0v) is 21.7. The highest BCUT2D eigenvalue weighted by molar-refractivity contribution is 6.63. The molecule has 12 heteroatoms. The van der Waals surface area contributed by atoms with E-state index in [9.17, 15) is 18.0 Å². The summed E-state index contributed by atoms with van der Waals surface area (Å²) in [7, 11) is -0.865. The van der Waals surface area contributed by atoms with Crippen molar-refractivity contribution in [2.24, 2.45) is 0 Å². The molecule has 0 N–H and O–H groups in total. The van der Waals surface area contributed by atoms with Crippen molar-refractivity contribution in [1.29, 1.82) is 0 Å². The molecule has 198 valence electrons. The highest BCUT2D eigenvalue weighted by atomic mass is 19.3. The van der Waals surface area contributed by atoms with E-state index in [4.69, 9.17) is 14.0 Å². The maximum atomic E-state index is 14.3. The zero-order valence-electron chi connectivity index (χ0n) is 21.7. The van der Waals surface area contributed by atoms with Gasteiger partial charge in [-0.2, -0.15) is 5.10 Å². The minimum atomic E-state index is -2.81. The summed E-state index contributed by atoms with van der Waals surface area (Å²) < 4.78 is 63.3. The molecule has 1 unspecified atom stereocenters. The number of hydrogen-bond donors (Lipinski definition) is 0. The molecule has 2 aliphatic rings. The quantitative estimate of drug-likeness (QED) is 0.365. The molecule has 3 aromatic rings. The van der Waals surface area contributed by atoms with Crippen molar-refractivity contribution >= 4 is 29.5 Å².